The third kappa shape index (κ3) is 4.21. The number of anilines is 1. The average Bonchev–Trinajstić information content (AvgIpc) is 3.08. The highest BCUT2D eigenvalue weighted by Gasteiger charge is 2.38. The van der Waals surface area contributed by atoms with Gasteiger partial charge in [-0.15, -0.1) is 23.7 Å². The minimum absolute atomic E-state index is 0. The molecule has 1 aromatic heterocycles. The van der Waals surface area contributed by atoms with E-state index in [-0.39, 0.29) is 42.7 Å². The van der Waals surface area contributed by atoms with Gasteiger partial charge in [-0.25, -0.2) is 0 Å². The van der Waals surface area contributed by atoms with E-state index in [1.807, 2.05) is 4.90 Å². The highest BCUT2D eigenvalue weighted by Crippen LogP contribution is 2.41. The number of amides is 3. The van der Waals surface area contributed by atoms with E-state index in [1.165, 1.54) is 16.2 Å². The molecule has 0 unspecified atom stereocenters. The summed E-state index contributed by atoms with van der Waals surface area (Å²) in [6.07, 6.45) is 3.72. The van der Waals surface area contributed by atoms with E-state index in [0.29, 0.717) is 43.2 Å². The maximum Gasteiger partial charge on any atom is 0.257 e. The number of rotatable bonds is 4. The van der Waals surface area contributed by atoms with Gasteiger partial charge in [0.15, 0.2) is 0 Å². The number of hydrogen-bond acceptors (Lipinski definition) is 6. The van der Waals surface area contributed by atoms with E-state index in [2.05, 4.69) is 5.32 Å². The second-order valence-electron chi connectivity index (χ2n) is 7.90. The minimum atomic E-state index is -0.112. The van der Waals surface area contributed by atoms with E-state index in [1.54, 1.807) is 19.1 Å². The van der Waals surface area contributed by atoms with Crippen LogP contribution in [0.3, 0.4) is 0 Å². The summed E-state index contributed by atoms with van der Waals surface area (Å²) in [7, 11) is 3.27. The van der Waals surface area contributed by atoms with Crippen molar-refractivity contribution in [2.75, 3.05) is 51.8 Å². The Bertz CT molecular complexity index is 824. The average molecular weight is 457 g/mol. The molecule has 1 N–H and O–H groups in total. The molecular weight excluding hydrogens is 428 g/mol. The van der Waals surface area contributed by atoms with Crippen LogP contribution in [0.5, 0.6) is 0 Å². The molecule has 0 aliphatic carbocycles. The number of fused-ring (bicyclic) bond motifs is 3. The van der Waals surface area contributed by atoms with Crippen LogP contribution in [0.25, 0.3) is 0 Å². The monoisotopic (exact) mass is 456 g/mol. The van der Waals surface area contributed by atoms with Crippen LogP contribution in [0.1, 0.15) is 40.1 Å². The third-order valence-electron chi connectivity index (χ3n) is 5.96. The van der Waals surface area contributed by atoms with E-state index >= 15 is 0 Å². The summed E-state index contributed by atoms with van der Waals surface area (Å²) < 4.78 is 5.17. The predicted octanol–water partition coefficient (Wildman–Crippen LogP) is 1.26. The molecule has 0 bridgehead atoms. The first-order valence-corrected chi connectivity index (χ1v) is 11.0. The van der Waals surface area contributed by atoms with Crippen LogP contribution >= 0.6 is 23.7 Å². The molecule has 3 aliphatic rings. The molecule has 8 nitrogen and oxygen atoms in total. The molecule has 1 aromatic rings. The molecule has 4 rings (SSSR count). The van der Waals surface area contributed by atoms with Crippen LogP contribution in [-0.4, -0.2) is 80.5 Å². The van der Waals surface area contributed by atoms with Gasteiger partial charge in [0.2, 0.25) is 11.8 Å². The Morgan fingerprint density at radius 3 is 2.77 bits per heavy atom. The number of carbonyl (C=O) groups excluding carboxylic acids is 3. The van der Waals surface area contributed by atoms with Gasteiger partial charge in [-0.05, 0) is 31.4 Å². The number of likely N-dealkylation sites (N-methyl/N-ethyl adjacent to an activating group) is 1. The lowest BCUT2D eigenvalue weighted by Gasteiger charge is -2.32. The highest BCUT2D eigenvalue weighted by molar-refractivity contribution is 7.17. The molecule has 1 fully saturated rings. The number of ether oxygens (including phenoxy) is 1. The van der Waals surface area contributed by atoms with Gasteiger partial charge < -0.3 is 19.9 Å². The summed E-state index contributed by atoms with van der Waals surface area (Å²) in [5.41, 5.74) is 1.64. The number of carbonyl (C=O) groups is 3. The number of halogens is 1. The predicted molar refractivity (Wildman–Crippen MR) is 118 cm³/mol. The zero-order valence-corrected chi connectivity index (χ0v) is 19.1. The molecule has 0 saturated carbocycles. The van der Waals surface area contributed by atoms with Crippen LogP contribution in [0, 0.1) is 0 Å². The molecule has 1 saturated heterocycles. The van der Waals surface area contributed by atoms with Crippen molar-refractivity contribution >= 4 is 46.5 Å². The van der Waals surface area contributed by atoms with Gasteiger partial charge >= 0.3 is 0 Å². The molecule has 30 heavy (non-hydrogen) atoms. The third-order valence-corrected chi connectivity index (χ3v) is 7.20. The van der Waals surface area contributed by atoms with Crippen LogP contribution in [-0.2, 0) is 27.3 Å². The fourth-order valence-corrected chi connectivity index (χ4v) is 5.74. The Balaban J connectivity index is 0.00000256. The number of hydrogen-bond donors (Lipinski definition) is 1. The van der Waals surface area contributed by atoms with Crippen molar-refractivity contribution in [3.8, 4) is 0 Å². The van der Waals surface area contributed by atoms with E-state index in [9.17, 15) is 14.4 Å². The Kier molecular flexibility index (Phi) is 7.38. The number of thiophene rings is 1. The van der Waals surface area contributed by atoms with E-state index in [0.717, 1.165) is 36.2 Å². The van der Waals surface area contributed by atoms with Crippen LogP contribution in [0.2, 0.25) is 0 Å². The topological polar surface area (TPSA) is 82.2 Å². The lowest BCUT2D eigenvalue weighted by atomic mass is 9.99. The van der Waals surface area contributed by atoms with Crippen LogP contribution in [0.4, 0.5) is 5.00 Å². The van der Waals surface area contributed by atoms with Gasteiger partial charge in [-0.3, -0.25) is 19.3 Å². The zero-order valence-electron chi connectivity index (χ0n) is 17.4. The van der Waals surface area contributed by atoms with Crippen LogP contribution < -0.4 is 10.2 Å². The van der Waals surface area contributed by atoms with E-state index < -0.39 is 0 Å². The smallest absolute Gasteiger partial charge is 0.257 e. The van der Waals surface area contributed by atoms with Crippen molar-refractivity contribution in [1.82, 2.24) is 15.1 Å². The molecule has 4 heterocycles. The molecule has 0 spiro atoms. The van der Waals surface area contributed by atoms with Gasteiger partial charge in [0.05, 0.1) is 31.3 Å². The number of methoxy groups -OCH3 is 1. The van der Waals surface area contributed by atoms with Gasteiger partial charge in [-0.2, -0.15) is 0 Å². The van der Waals surface area contributed by atoms with Crippen molar-refractivity contribution in [3.63, 3.8) is 0 Å². The Morgan fingerprint density at radius 1 is 1.27 bits per heavy atom. The molecule has 1 atom stereocenters. The molecule has 10 heteroatoms. The standard InChI is InChI=1S/C20H28N4O4S.ClH/c1-22-12-16(25)24(9-10-28-2)20-17(19(22)27)13-6-8-23(11-15(13)29-20)18(26)14-5-3-4-7-21-14;/h14,21H,3-12H2,1-2H3;1H/t14-;/m1./s1. The highest BCUT2D eigenvalue weighted by atomic mass is 35.5. The lowest BCUT2D eigenvalue weighted by Crippen LogP contribution is -2.49. The zero-order chi connectivity index (χ0) is 20.5. The van der Waals surface area contributed by atoms with Crippen molar-refractivity contribution in [1.29, 1.82) is 0 Å². The van der Waals surface area contributed by atoms with Crippen molar-refractivity contribution < 1.29 is 19.1 Å². The Hall–Kier alpha value is -1.68. The fraction of sp³-hybridized carbons (Fsp3) is 0.650. The summed E-state index contributed by atoms with van der Waals surface area (Å²) in [4.78, 5) is 44.8. The Labute approximate surface area is 186 Å². The number of piperidine rings is 1. The molecule has 3 amide bonds. The van der Waals surface area contributed by atoms with E-state index in [4.69, 9.17) is 4.74 Å². The molecule has 166 valence electrons. The maximum absolute atomic E-state index is 13.0. The summed E-state index contributed by atoms with van der Waals surface area (Å²) >= 11 is 1.47. The lowest BCUT2D eigenvalue weighted by molar-refractivity contribution is -0.134. The first-order chi connectivity index (χ1) is 14.0. The van der Waals surface area contributed by atoms with Crippen molar-refractivity contribution in [2.45, 2.75) is 38.3 Å². The maximum atomic E-state index is 13.0. The Morgan fingerprint density at radius 2 is 2.07 bits per heavy atom. The number of nitrogens with one attached hydrogen (secondary N) is 1. The van der Waals surface area contributed by atoms with Gasteiger partial charge in [0.1, 0.15) is 11.5 Å². The summed E-state index contributed by atoms with van der Waals surface area (Å²) in [6.45, 7) is 2.89. The first-order valence-electron chi connectivity index (χ1n) is 10.2. The molecule has 3 aliphatic heterocycles. The van der Waals surface area contributed by atoms with Gasteiger partial charge in [0, 0.05) is 25.6 Å². The number of nitrogens with zero attached hydrogens (tertiary/aromatic N) is 3. The second-order valence-corrected chi connectivity index (χ2v) is 8.98. The molecule has 0 aromatic carbocycles. The SMILES string of the molecule is COCCN1C(=O)CN(C)C(=O)c2c1sc1c2CCN(C(=O)[C@H]2CCCCN2)C1.Cl. The second kappa shape index (κ2) is 9.64. The molecular formula is C20H29ClN4O4S. The normalized spacial score (nSPS) is 21.7. The van der Waals surface area contributed by atoms with Gasteiger partial charge in [0.25, 0.3) is 5.91 Å². The quantitative estimate of drug-likeness (QED) is 0.737. The minimum Gasteiger partial charge on any atom is -0.383 e. The largest absolute Gasteiger partial charge is 0.383 e. The van der Waals surface area contributed by atoms with Gasteiger partial charge in [-0.1, -0.05) is 6.42 Å². The summed E-state index contributed by atoms with van der Waals surface area (Å²) in [5, 5.41) is 4.04. The van der Waals surface area contributed by atoms with Crippen molar-refractivity contribution in [3.05, 3.63) is 16.0 Å². The van der Waals surface area contributed by atoms with Crippen LogP contribution in [0.15, 0.2) is 0 Å². The molecule has 0 radical (unpaired) electrons. The first kappa shape index (κ1) is 23.0. The summed E-state index contributed by atoms with van der Waals surface area (Å²) in [5.74, 6) is -0.0659. The summed E-state index contributed by atoms with van der Waals surface area (Å²) in [6, 6.07) is -0.101. The fourth-order valence-electron chi connectivity index (χ4n) is 4.34. The van der Waals surface area contributed by atoms with Crippen molar-refractivity contribution in [2.24, 2.45) is 0 Å².